The molecule has 0 aliphatic heterocycles. The Balaban J connectivity index is 0.00000162. The van der Waals surface area contributed by atoms with Gasteiger partial charge in [-0.1, -0.05) is 12.2 Å². The smallest absolute Gasteiger partial charge is 1.00 e. The Morgan fingerprint density at radius 1 is 1.50 bits per heavy atom. The number of fused-ring (bicyclic) bond motifs is 2. The third-order valence-corrected chi connectivity index (χ3v) is 3.58. The van der Waals surface area contributed by atoms with Gasteiger partial charge in [0, 0.05) is 11.5 Å². The molecule has 3 unspecified atom stereocenters. The number of hydrogen-bond donors (Lipinski definition) is 2. The summed E-state index contributed by atoms with van der Waals surface area (Å²) in [5.74, 6) is -2.81. The number of nitriles is 1. The number of aliphatic carboxylic acids is 2. The van der Waals surface area contributed by atoms with Crippen molar-refractivity contribution in [2.45, 2.75) is 12.8 Å². The van der Waals surface area contributed by atoms with Crippen LogP contribution in [0.25, 0.3) is 0 Å². The van der Waals surface area contributed by atoms with Gasteiger partial charge in [0.1, 0.15) is 0 Å². The van der Waals surface area contributed by atoms with Crippen LogP contribution in [0, 0.1) is 28.6 Å². The van der Waals surface area contributed by atoms with Crippen molar-refractivity contribution in [3.8, 4) is 6.07 Å². The fraction of sp³-hybridized carbons (Fsp3) is 0.417. The summed E-state index contributed by atoms with van der Waals surface area (Å²) in [5.41, 5.74) is -1.10. The van der Waals surface area contributed by atoms with Gasteiger partial charge in [-0.2, -0.15) is 5.26 Å². The zero-order valence-corrected chi connectivity index (χ0v) is 12.0. The standard InChI is InChI=1S/C12H11NO4.Na.H/c13-6-8-3-7-1-2-12(8,5-7)9(11(16)17)4-10(14)15;;/h1-2,4,7-8H,3,5H2,(H,14,15)(H,16,17);;/q;+1;-1/b9-4+;;. The maximum absolute atomic E-state index is 11.2. The van der Waals surface area contributed by atoms with Crippen LogP contribution in [-0.4, -0.2) is 22.2 Å². The molecule has 3 atom stereocenters. The van der Waals surface area contributed by atoms with E-state index in [1.165, 1.54) is 0 Å². The molecular weight excluding hydrogens is 245 g/mol. The van der Waals surface area contributed by atoms with E-state index < -0.39 is 23.3 Å². The van der Waals surface area contributed by atoms with E-state index in [1.54, 1.807) is 6.08 Å². The van der Waals surface area contributed by atoms with Crippen molar-refractivity contribution in [2.24, 2.45) is 17.3 Å². The van der Waals surface area contributed by atoms with Crippen LogP contribution >= 0.6 is 0 Å². The molecule has 2 aliphatic rings. The number of carbonyl (C=O) groups is 2. The van der Waals surface area contributed by atoms with Gasteiger partial charge in [-0.05, 0) is 18.8 Å². The van der Waals surface area contributed by atoms with Crippen LogP contribution < -0.4 is 29.6 Å². The van der Waals surface area contributed by atoms with Crippen LogP contribution in [0.4, 0.5) is 0 Å². The van der Waals surface area contributed by atoms with Crippen molar-refractivity contribution in [3.05, 3.63) is 23.8 Å². The van der Waals surface area contributed by atoms with E-state index in [2.05, 4.69) is 6.07 Å². The molecule has 0 aromatic rings. The Kier molecular flexibility index (Phi) is 4.38. The van der Waals surface area contributed by atoms with Crippen molar-refractivity contribution in [1.82, 2.24) is 0 Å². The number of allylic oxidation sites excluding steroid dienone is 2. The summed E-state index contributed by atoms with van der Waals surface area (Å²) in [7, 11) is 0. The van der Waals surface area contributed by atoms with Crippen LogP contribution in [0.15, 0.2) is 23.8 Å². The molecule has 2 rings (SSSR count). The zero-order valence-electron chi connectivity index (χ0n) is 11.0. The SMILES string of the molecule is N#CC1CC2C=CC1(/C(=C/C(=O)O)C(=O)O)C2.[H-].[Na+]. The normalized spacial score (nSPS) is 32.7. The van der Waals surface area contributed by atoms with Gasteiger partial charge in [0.2, 0.25) is 0 Å². The molecule has 0 radical (unpaired) electrons. The molecule has 0 heterocycles. The van der Waals surface area contributed by atoms with Crippen molar-refractivity contribution >= 4 is 11.9 Å². The minimum Gasteiger partial charge on any atom is -1.00 e. The van der Waals surface area contributed by atoms with Gasteiger partial charge in [-0.3, -0.25) is 0 Å². The number of hydrogen-bond acceptors (Lipinski definition) is 3. The van der Waals surface area contributed by atoms with Crippen molar-refractivity contribution < 1.29 is 50.8 Å². The van der Waals surface area contributed by atoms with Gasteiger partial charge >= 0.3 is 41.5 Å². The molecule has 90 valence electrons. The monoisotopic (exact) mass is 257 g/mol. The summed E-state index contributed by atoms with van der Waals surface area (Å²) in [6.45, 7) is 0. The number of nitrogens with zero attached hydrogens (tertiary/aromatic N) is 1. The van der Waals surface area contributed by atoms with E-state index in [0.29, 0.717) is 18.9 Å². The predicted molar refractivity (Wildman–Crippen MR) is 57.9 cm³/mol. The molecule has 0 spiro atoms. The van der Waals surface area contributed by atoms with Crippen molar-refractivity contribution in [1.29, 1.82) is 5.26 Å². The second-order valence-electron chi connectivity index (χ2n) is 4.48. The van der Waals surface area contributed by atoms with E-state index in [-0.39, 0.29) is 42.5 Å². The third-order valence-electron chi connectivity index (χ3n) is 3.58. The zero-order chi connectivity index (χ0) is 12.6. The molecule has 0 saturated heterocycles. The maximum atomic E-state index is 11.2. The summed E-state index contributed by atoms with van der Waals surface area (Å²) < 4.78 is 0. The second-order valence-corrected chi connectivity index (χ2v) is 4.48. The largest absolute Gasteiger partial charge is 1.00 e. The Morgan fingerprint density at radius 3 is 2.61 bits per heavy atom. The van der Waals surface area contributed by atoms with Gasteiger partial charge in [0.05, 0.1) is 17.6 Å². The predicted octanol–water partition coefficient (Wildman–Crippen LogP) is -1.70. The summed E-state index contributed by atoms with van der Waals surface area (Å²) >= 11 is 0. The summed E-state index contributed by atoms with van der Waals surface area (Å²) in [6, 6.07) is 2.10. The maximum Gasteiger partial charge on any atom is 1.00 e. The first-order chi connectivity index (χ1) is 7.99. The number of carboxylic acid groups (broad SMARTS) is 2. The minimum atomic E-state index is -1.29. The number of carboxylic acids is 2. The molecule has 18 heavy (non-hydrogen) atoms. The van der Waals surface area contributed by atoms with Gasteiger partial charge in [-0.25, -0.2) is 9.59 Å². The van der Waals surface area contributed by atoms with E-state index in [1.807, 2.05) is 6.08 Å². The van der Waals surface area contributed by atoms with Crippen LogP contribution in [0.2, 0.25) is 0 Å². The molecule has 0 aromatic carbocycles. The van der Waals surface area contributed by atoms with E-state index >= 15 is 0 Å². The van der Waals surface area contributed by atoms with E-state index in [0.717, 1.165) is 0 Å². The van der Waals surface area contributed by atoms with E-state index in [4.69, 9.17) is 15.5 Å². The summed E-state index contributed by atoms with van der Waals surface area (Å²) in [4.78, 5) is 21.9. The Hall–Kier alpha value is -1.09. The van der Waals surface area contributed by atoms with E-state index in [9.17, 15) is 9.59 Å². The molecule has 1 saturated carbocycles. The molecule has 2 N–H and O–H groups in total. The molecule has 0 amide bonds. The second kappa shape index (κ2) is 5.27. The molecule has 1 fully saturated rings. The van der Waals surface area contributed by atoms with Crippen molar-refractivity contribution in [2.75, 3.05) is 0 Å². The van der Waals surface area contributed by atoms with Gasteiger partial charge in [-0.15, -0.1) is 0 Å². The Bertz CT molecular complexity index is 496. The molecule has 0 aromatic heterocycles. The molecule has 2 aliphatic carbocycles. The average Bonchev–Trinajstić information content (AvgIpc) is 2.82. The number of rotatable bonds is 3. The molecular formula is C12H12NNaO4. The van der Waals surface area contributed by atoms with Gasteiger partial charge in [0.25, 0.3) is 0 Å². The Labute approximate surface area is 128 Å². The van der Waals surface area contributed by atoms with Crippen LogP contribution in [0.5, 0.6) is 0 Å². The molecule has 2 bridgehead atoms. The van der Waals surface area contributed by atoms with Gasteiger partial charge < -0.3 is 11.6 Å². The molecule has 5 nitrogen and oxygen atoms in total. The quantitative estimate of drug-likeness (QED) is 0.357. The van der Waals surface area contributed by atoms with Crippen LogP contribution in [0.3, 0.4) is 0 Å². The first-order valence-corrected chi connectivity index (χ1v) is 5.27. The van der Waals surface area contributed by atoms with Crippen molar-refractivity contribution in [3.63, 3.8) is 0 Å². The third kappa shape index (κ3) is 2.24. The summed E-state index contributed by atoms with van der Waals surface area (Å²) in [6.07, 6.45) is 5.42. The average molecular weight is 257 g/mol. The molecule has 6 heteroatoms. The fourth-order valence-electron chi connectivity index (χ4n) is 2.89. The topological polar surface area (TPSA) is 98.4 Å². The van der Waals surface area contributed by atoms with Crippen LogP contribution in [0.1, 0.15) is 14.3 Å². The van der Waals surface area contributed by atoms with Gasteiger partial charge in [0.15, 0.2) is 0 Å². The first-order valence-electron chi connectivity index (χ1n) is 5.27. The fourth-order valence-corrected chi connectivity index (χ4v) is 2.89. The summed E-state index contributed by atoms with van der Waals surface area (Å²) in [5, 5.41) is 26.9. The van der Waals surface area contributed by atoms with Crippen LogP contribution in [-0.2, 0) is 9.59 Å². The Morgan fingerprint density at radius 2 is 2.17 bits per heavy atom. The minimum absolute atomic E-state index is 0. The first kappa shape index (κ1) is 15.0.